The smallest absolute Gasteiger partial charge is 0.122 e. The number of unbranched alkanes of at least 4 members (excludes halogenated alkanes) is 2. The first-order valence-corrected chi connectivity index (χ1v) is 6.91. The quantitative estimate of drug-likeness (QED) is 0.707. The summed E-state index contributed by atoms with van der Waals surface area (Å²) in [4.78, 5) is 4.03. The van der Waals surface area contributed by atoms with E-state index < -0.39 is 0 Å². The fourth-order valence-electron chi connectivity index (χ4n) is 2.14. The summed E-state index contributed by atoms with van der Waals surface area (Å²) in [6, 6.07) is 6.33. The van der Waals surface area contributed by atoms with Crippen LogP contribution in [0.4, 0.5) is 0 Å². The van der Waals surface area contributed by atoms with Gasteiger partial charge in [-0.05, 0) is 44.7 Å². The molecule has 2 aromatic rings. The molecule has 0 unspecified atom stereocenters. The van der Waals surface area contributed by atoms with Crippen molar-refractivity contribution in [3.63, 3.8) is 0 Å². The molecule has 102 valence electrons. The van der Waals surface area contributed by atoms with Gasteiger partial charge >= 0.3 is 0 Å². The predicted molar refractivity (Wildman–Crippen MR) is 77.5 cm³/mol. The van der Waals surface area contributed by atoms with Gasteiger partial charge in [-0.15, -0.1) is 0 Å². The van der Waals surface area contributed by atoms with Crippen molar-refractivity contribution in [3.05, 3.63) is 48.0 Å². The molecule has 0 saturated heterocycles. The highest BCUT2D eigenvalue weighted by atomic mass is 16.5. The molecule has 1 aromatic heterocycles. The van der Waals surface area contributed by atoms with Gasteiger partial charge in [0, 0.05) is 18.9 Å². The van der Waals surface area contributed by atoms with Crippen molar-refractivity contribution in [3.8, 4) is 5.75 Å². The van der Waals surface area contributed by atoms with Gasteiger partial charge in [-0.3, -0.25) is 0 Å². The standard InChI is InChI=1S/C16H22N2O/c1-14-6-7-16(15(2)12-14)19-11-5-3-4-9-18-10-8-17-13-18/h6-8,10,12-13H,3-5,9,11H2,1-2H3. The Balaban J connectivity index is 1.61. The number of rotatable bonds is 7. The summed E-state index contributed by atoms with van der Waals surface area (Å²) >= 11 is 0. The van der Waals surface area contributed by atoms with E-state index in [1.54, 1.807) is 0 Å². The first kappa shape index (κ1) is 13.7. The van der Waals surface area contributed by atoms with Gasteiger partial charge in [0.05, 0.1) is 12.9 Å². The lowest BCUT2D eigenvalue weighted by molar-refractivity contribution is 0.302. The molecule has 0 aliphatic rings. The van der Waals surface area contributed by atoms with Crippen molar-refractivity contribution >= 4 is 0 Å². The molecule has 3 heteroatoms. The van der Waals surface area contributed by atoms with E-state index in [1.807, 2.05) is 18.7 Å². The van der Waals surface area contributed by atoms with Crippen LogP contribution in [0.2, 0.25) is 0 Å². The lowest BCUT2D eigenvalue weighted by atomic mass is 10.1. The molecule has 3 nitrogen and oxygen atoms in total. The van der Waals surface area contributed by atoms with Crippen molar-refractivity contribution in [2.75, 3.05) is 6.61 Å². The summed E-state index contributed by atoms with van der Waals surface area (Å²) < 4.78 is 7.93. The normalized spacial score (nSPS) is 10.6. The van der Waals surface area contributed by atoms with Crippen LogP contribution in [0.5, 0.6) is 5.75 Å². The first-order valence-electron chi connectivity index (χ1n) is 6.91. The first-order chi connectivity index (χ1) is 9.25. The van der Waals surface area contributed by atoms with Gasteiger partial charge in [0.2, 0.25) is 0 Å². The second-order valence-electron chi connectivity index (χ2n) is 4.98. The van der Waals surface area contributed by atoms with E-state index in [4.69, 9.17) is 4.74 Å². The fraction of sp³-hybridized carbons (Fsp3) is 0.438. The molecule has 0 N–H and O–H groups in total. The Morgan fingerprint density at radius 3 is 2.79 bits per heavy atom. The molecule has 0 radical (unpaired) electrons. The summed E-state index contributed by atoms with van der Waals surface area (Å²) in [5.74, 6) is 1.01. The molecule has 0 aliphatic heterocycles. The van der Waals surface area contributed by atoms with Crippen LogP contribution in [0.3, 0.4) is 0 Å². The lowest BCUT2D eigenvalue weighted by Gasteiger charge is -2.09. The van der Waals surface area contributed by atoms with E-state index in [2.05, 4.69) is 41.6 Å². The number of hydrogen-bond donors (Lipinski definition) is 0. The maximum atomic E-state index is 5.81. The zero-order valence-corrected chi connectivity index (χ0v) is 11.8. The average molecular weight is 258 g/mol. The zero-order chi connectivity index (χ0) is 13.5. The molecule has 2 rings (SSSR count). The van der Waals surface area contributed by atoms with Crippen molar-refractivity contribution in [2.24, 2.45) is 0 Å². The Kier molecular flexibility index (Phi) is 5.01. The van der Waals surface area contributed by atoms with E-state index in [9.17, 15) is 0 Å². The number of aryl methyl sites for hydroxylation is 3. The molecule has 0 fully saturated rings. The third kappa shape index (κ3) is 4.43. The van der Waals surface area contributed by atoms with Gasteiger partial charge in [0.1, 0.15) is 5.75 Å². The van der Waals surface area contributed by atoms with Gasteiger partial charge in [0.25, 0.3) is 0 Å². The number of hydrogen-bond acceptors (Lipinski definition) is 2. The Morgan fingerprint density at radius 1 is 1.16 bits per heavy atom. The van der Waals surface area contributed by atoms with Gasteiger partial charge < -0.3 is 9.30 Å². The van der Waals surface area contributed by atoms with E-state index >= 15 is 0 Å². The molecular formula is C16H22N2O. The minimum Gasteiger partial charge on any atom is -0.493 e. The Bertz CT molecular complexity index is 491. The predicted octanol–water partition coefficient (Wildman–Crippen LogP) is 3.75. The van der Waals surface area contributed by atoms with E-state index in [1.165, 1.54) is 24.0 Å². The molecule has 0 atom stereocenters. The maximum Gasteiger partial charge on any atom is 0.122 e. The maximum absolute atomic E-state index is 5.81. The number of aromatic nitrogens is 2. The molecule has 0 amide bonds. The summed E-state index contributed by atoms with van der Waals surface area (Å²) in [5, 5.41) is 0. The molecule has 0 bridgehead atoms. The van der Waals surface area contributed by atoms with Crippen LogP contribution in [0.15, 0.2) is 36.9 Å². The highest BCUT2D eigenvalue weighted by Crippen LogP contribution is 2.19. The topological polar surface area (TPSA) is 27.1 Å². The number of ether oxygens (including phenoxy) is 1. The largest absolute Gasteiger partial charge is 0.493 e. The lowest BCUT2D eigenvalue weighted by Crippen LogP contribution is -2.00. The molecule has 1 heterocycles. The average Bonchev–Trinajstić information content (AvgIpc) is 2.89. The molecule has 0 spiro atoms. The Labute approximate surface area is 115 Å². The van der Waals surface area contributed by atoms with Crippen LogP contribution in [0.1, 0.15) is 30.4 Å². The number of benzene rings is 1. The minimum atomic E-state index is 0.799. The molecule has 19 heavy (non-hydrogen) atoms. The Hall–Kier alpha value is -1.77. The molecule has 1 aromatic carbocycles. The van der Waals surface area contributed by atoms with Gasteiger partial charge in [-0.2, -0.15) is 0 Å². The number of nitrogens with zero attached hydrogens (tertiary/aromatic N) is 2. The van der Waals surface area contributed by atoms with Crippen LogP contribution < -0.4 is 4.74 Å². The van der Waals surface area contributed by atoms with Gasteiger partial charge in [-0.1, -0.05) is 17.7 Å². The highest BCUT2D eigenvalue weighted by Gasteiger charge is 1.99. The van der Waals surface area contributed by atoms with E-state index in [0.29, 0.717) is 0 Å². The van der Waals surface area contributed by atoms with Crippen LogP contribution in [-0.2, 0) is 6.54 Å². The van der Waals surface area contributed by atoms with Crippen molar-refractivity contribution in [1.82, 2.24) is 9.55 Å². The summed E-state index contributed by atoms with van der Waals surface area (Å²) in [7, 11) is 0. The van der Waals surface area contributed by atoms with Crippen molar-refractivity contribution in [2.45, 2.75) is 39.7 Å². The molecular weight excluding hydrogens is 236 g/mol. The second kappa shape index (κ2) is 6.98. The van der Waals surface area contributed by atoms with E-state index in [-0.39, 0.29) is 0 Å². The van der Waals surface area contributed by atoms with Gasteiger partial charge in [0.15, 0.2) is 0 Å². The Morgan fingerprint density at radius 2 is 2.05 bits per heavy atom. The van der Waals surface area contributed by atoms with Crippen LogP contribution in [-0.4, -0.2) is 16.2 Å². The van der Waals surface area contributed by atoms with Gasteiger partial charge in [-0.25, -0.2) is 4.98 Å². The SMILES string of the molecule is Cc1ccc(OCCCCCn2ccnc2)c(C)c1. The fourth-order valence-corrected chi connectivity index (χ4v) is 2.14. The molecule has 0 saturated carbocycles. The summed E-state index contributed by atoms with van der Waals surface area (Å²) in [6.07, 6.45) is 9.15. The van der Waals surface area contributed by atoms with Crippen LogP contribution >= 0.6 is 0 Å². The van der Waals surface area contributed by atoms with Crippen LogP contribution in [0, 0.1) is 13.8 Å². The minimum absolute atomic E-state index is 0.799. The van der Waals surface area contributed by atoms with Crippen molar-refractivity contribution < 1.29 is 4.74 Å². The summed E-state index contributed by atoms with van der Waals surface area (Å²) in [6.45, 7) is 6.05. The highest BCUT2D eigenvalue weighted by molar-refractivity contribution is 5.35. The van der Waals surface area contributed by atoms with Crippen LogP contribution in [0.25, 0.3) is 0 Å². The van der Waals surface area contributed by atoms with E-state index in [0.717, 1.165) is 25.3 Å². The molecule has 0 aliphatic carbocycles. The number of imidazole rings is 1. The summed E-state index contributed by atoms with van der Waals surface area (Å²) in [5.41, 5.74) is 2.50. The van der Waals surface area contributed by atoms with Crippen molar-refractivity contribution in [1.29, 1.82) is 0 Å². The third-order valence-electron chi connectivity index (χ3n) is 3.21. The zero-order valence-electron chi connectivity index (χ0n) is 11.8. The second-order valence-corrected chi connectivity index (χ2v) is 4.98. The monoisotopic (exact) mass is 258 g/mol. The third-order valence-corrected chi connectivity index (χ3v) is 3.21.